The highest BCUT2D eigenvalue weighted by molar-refractivity contribution is 5.93. The molecule has 2 aromatic heterocycles. The van der Waals surface area contributed by atoms with Gasteiger partial charge in [0.1, 0.15) is 0 Å². The van der Waals surface area contributed by atoms with Crippen molar-refractivity contribution in [3.05, 3.63) is 83.9 Å². The minimum atomic E-state index is -0.0837. The molecule has 1 amide bonds. The molecule has 3 heterocycles. The standard InChI is InChI=1S/C20H17N3O3/c24-20(17-4-2-8-22-11-17)23(13-16-3-1-7-21-10-16)12-15-5-6-18-19(9-15)26-14-25-18/h1-11H,12-14H2. The Kier molecular flexibility index (Phi) is 4.47. The number of nitrogens with zero attached hydrogens (tertiary/aromatic N) is 3. The molecule has 0 spiro atoms. The predicted molar refractivity (Wildman–Crippen MR) is 94.6 cm³/mol. The topological polar surface area (TPSA) is 64.6 Å². The fourth-order valence-corrected chi connectivity index (χ4v) is 2.84. The van der Waals surface area contributed by atoms with Gasteiger partial charge in [-0.05, 0) is 41.5 Å². The summed E-state index contributed by atoms with van der Waals surface area (Å²) >= 11 is 0. The Bertz CT molecular complexity index is 901. The summed E-state index contributed by atoms with van der Waals surface area (Å²) < 4.78 is 10.8. The lowest BCUT2D eigenvalue weighted by Gasteiger charge is -2.23. The van der Waals surface area contributed by atoms with Gasteiger partial charge in [-0.2, -0.15) is 0 Å². The lowest BCUT2D eigenvalue weighted by atomic mass is 10.1. The minimum absolute atomic E-state index is 0.0837. The Hall–Kier alpha value is -3.41. The summed E-state index contributed by atoms with van der Waals surface area (Å²) in [5.41, 5.74) is 2.48. The molecule has 0 bridgehead atoms. The first-order chi connectivity index (χ1) is 12.8. The van der Waals surface area contributed by atoms with E-state index in [1.165, 1.54) is 0 Å². The summed E-state index contributed by atoms with van der Waals surface area (Å²) in [6, 6.07) is 13.1. The first-order valence-corrected chi connectivity index (χ1v) is 8.26. The fraction of sp³-hybridized carbons (Fsp3) is 0.150. The van der Waals surface area contributed by atoms with Gasteiger partial charge in [-0.15, -0.1) is 0 Å². The number of amides is 1. The van der Waals surface area contributed by atoms with E-state index in [2.05, 4.69) is 9.97 Å². The molecule has 0 unspecified atom stereocenters. The van der Waals surface area contributed by atoms with Gasteiger partial charge in [0.15, 0.2) is 11.5 Å². The van der Waals surface area contributed by atoms with Crippen LogP contribution in [0.5, 0.6) is 11.5 Å². The van der Waals surface area contributed by atoms with Crippen LogP contribution >= 0.6 is 0 Å². The SMILES string of the molecule is O=C(c1cccnc1)N(Cc1cccnc1)Cc1ccc2c(c1)OCO2. The third kappa shape index (κ3) is 3.49. The number of hydrogen-bond acceptors (Lipinski definition) is 5. The van der Waals surface area contributed by atoms with E-state index in [1.54, 1.807) is 41.8 Å². The van der Waals surface area contributed by atoms with Crippen molar-refractivity contribution in [1.82, 2.24) is 14.9 Å². The number of carbonyl (C=O) groups excluding carboxylic acids is 1. The number of carbonyl (C=O) groups is 1. The van der Waals surface area contributed by atoms with Crippen LogP contribution < -0.4 is 9.47 Å². The number of fused-ring (bicyclic) bond motifs is 1. The fourth-order valence-electron chi connectivity index (χ4n) is 2.84. The molecule has 4 rings (SSSR count). The van der Waals surface area contributed by atoms with Gasteiger partial charge in [0, 0.05) is 37.9 Å². The average molecular weight is 347 g/mol. The Morgan fingerprint density at radius 3 is 2.46 bits per heavy atom. The number of pyridine rings is 2. The molecular weight excluding hydrogens is 330 g/mol. The van der Waals surface area contributed by atoms with Crippen molar-refractivity contribution in [2.45, 2.75) is 13.1 Å². The maximum atomic E-state index is 13.0. The molecule has 6 nitrogen and oxygen atoms in total. The largest absolute Gasteiger partial charge is 0.454 e. The highest BCUT2D eigenvalue weighted by Gasteiger charge is 2.19. The zero-order valence-electron chi connectivity index (χ0n) is 14.0. The molecule has 0 atom stereocenters. The Balaban J connectivity index is 1.60. The molecule has 1 aromatic carbocycles. The predicted octanol–water partition coefficient (Wildman–Crippen LogP) is 3.05. The third-order valence-corrected chi connectivity index (χ3v) is 4.10. The Morgan fingerprint density at radius 2 is 1.69 bits per heavy atom. The smallest absolute Gasteiger partial charge is 0.256 e. The molecule has 6 heteroatoms. The van der Waals surface area contributed by atoms with Crippen LogP contribution in [-0.4, -0.2) is 27.6 Å². The summed E-state index contributed by atoms with van der Waals surface area (Å²) in [5, 5.41) is 0. The lowest BCUT2D eigenvalue weighted by molar-refractivity contribution is 0.0729. The monoisotopic (exact) mass is 347 g/mol. The molecule has 0 radical (unpaired) electrons. The van der Waals surface area contributed by atoms with Gasteiger partial charge in [0.25, 0.3) is 5.91 Å². The minimum Gasteiger partial charge on any atom is -0.454 e. The maximum Gasteiger partial charge on any atom is 0.256 e. The first-order valence-electron chi connectivity index (χ1n) is 8.26. The van der Waals surface area contributed by atoms with Crippen molar-refractivity contribution >= 4 is 5.91 Å². The van der Waals surface area contributed by atoms with E-state index in [-0.39, 0.29) is 12.7 Å². The molecule has 0 N–H and O–H groups in total. The van der Waals surface area contributed by atoms with Crippen molar-refractivity contribution in [2.24, 2.45) is 0 Å². The van der Waals surface area contributed by atoms with Crippen molar-refractivity contribution in [3.8, 4) is 11.5 Å². The molecule has 0 saturated heterocycles. The lowest BCUT2D eigenvalue weighted by Crippen LogP contribution is -2.30. The van der Waals surface area contributed by atoms with E-state index in [0.717, 1.165) is 16.9 Å². The molecule has 26 heavy (non-hydrogen) atoms. The van der Waals surface area contributed by atoms with Gasteiger partial charge in [0.2, 0.25) is 6.79 Å². The average Bonchev–Trinajstić information content (AvgIpc) is 3.16. The van der Waals surface area contributed by atoms with Gasteiger partial charge in [-0.3, -0.25) is 14.8 Å². The Morgan fingerprint density at radius 1 is 0.923 bits per heavy atom. The number of aromatic nitrogens is 2. The van der Waals surface area contributed by atoms with Crippen molar-refractivity contribution in [3.63, 3.8) is 0 Å². The summed E-state index contributed by atoms with van der Waals surface area (Å²) in [6.07, 6.45) is 6.72. The van der Waals surface area contributed by atoms with Gasteiger partial charge in [0.05, 0.1) is 5.56 Å². The maximum absolute atomic E-state index is 13.0. The van der Waals surface area contributed by atoms with E-state index < -0.39 is 0 Å². The van der Waals surface area contributed by atoms with Gasteiger partial charge < -0.3 is 14.4 Å². The molecule has 0 saturated carbocycles. The van der Waals surface area contributed by atoms with E-state index in [4.69, 9.17) is 9.47 Å². The second-order valence-electron chi connectivity index (χ2n) is 5.95. The summed E-state index contributed by atoms with van der Waals surface area (Å²) in [5.74, 6) is 1.35. The first kappa shape index (κ1) is 16.1. The van der Waals surface area contributed by atoms with Crippen LogP contribution in [0.3, 0.4) is 0 Å². The van der Waals surface area contributed by atoms with Crippen LogP contribution in [0.15, 0.2) is 67.3 Å². The molecule has 1 aliphatic heterocycles. The number of rotatable bonds is 5. The van der Waals surface area contributed by atoms with Crippen LogP contribution in [0, 0.1) is 0 Å². The van der Waals surface area contributed by atoms with Crippen LogP contribution in [-0.2, 0) is 13.1 Å². The highest BCUT2D eigenvalue weighted by Crippen LogP contribution is 2.33. The number of hydrogen-bond donors (Lipinski definition) is 0. The Labute approximate surface area is 151 Å². The summed E-state index contributed by atoms with van der Waals surface area (Å²) in [7, 11) is 0. The van der Waals surface area contributed by atoms with Gasteiger partial charge in [-0.1, -0.05) is 12.1 Å². The summed E-state index contributed by atoms with van der Waals surface area (Å²) in [6.45, 7) is 1.13. The normalized spacial score (nSPS) is 12.0. The van der Waals surface area contributed by atoms with Crippen LogP contribution in [0.2, 0.25) is 0 Å². The number of benzene rings is 1. The molecule has 0 aliphatic carbocycles. The van der Waals surface area contributed by atoms with Crippen molar-refractivity contribution in [1.29, 1.82) is 0 Å². The zero-order chi connectivity index (χ0) is 17.8. The zero-order valence-corrected chi connectivity index (χ0v) is 14.0. The quantitative estimate of drug-likeness (QED) is 0.710. The van der Waals surface area contributed by atoms with Crippen LogP contribution in [0.1, 0.15) is 21.5 Å². The van der Waals surface area contributed by atoms with Crippen molar-refractivity contribution < 1.29 is 14.3 Å². The van der Waals surface area contributed by atoms with Crippen molar-refractivity contribution in [2.75, 3.05) is 6.79 Å². The van der Waals surface area contributed by atoms with Crippen LogP contribution in [0.4, 0.5) is 0 Å². The second kappa shape index (κ2) is 7.23. The molecule has 130 valence electrons. The molecular formula is C20H17N3O3. The molecule has 0 fully saturated rings. The highest BCUT2D eigenvalue weighted by atomic mass is 16.7. The molecule has 1 aliphatic rings. The van der Waals surface area contributed by atoms with Crippen LogP contribution in [0.25, 0.3) is 0 Å². The van der Waals surface area contributed by atoms with Gasteiger partial charge >= 0.3 is 0 Å². The third-order valence-electron chi connectivity index (χ3n) is 4.10. The van der Waals surface area contributed by atoms with E-state index >= 15 is 0 Å². The van der Waals surface area contributed by atoms with E-state index in [1.807, 2.05) is 30.3 Å². The molecule has 3 aromatic rings. The second-order valence-corrected chi connectivity index (χ2v) is 5.95. The summed E-state index contributed by atoms with van der Waals surface area (Å²) in [4.78, 5) is 23.0. The van der Waals surface area contributed by atoms with Gasteiger partial charge in [-0.25, -0.2) is 0 Å². The van der Waals surface area contributed by atoms with E-state index in [9.17, 15) is 4.79 Å². The number of ether oxygens (including phenoxy) is 2. The van der Waals surface area contributed by atoms with E-state index in [0.29, 0.717) is 24.4 Å².